The van der Waals surface area contributed by atoms with E-state index in [4.69, 9.17) is 9.31 Å². The van der Waals surface area contributed by atoms with Crippen molar-refractivity contribution in [1.29, 1.82) is 0 Å². The molecule has 0 atom stereocenters. The fraction of sp³-hybridized carbons (Fsp3) is 0.600. The van der Waals surface area contributed by atoms with Crippen LogP contribution in [0.1, 0.15) is 45.2 Å². The van der Waals surface area contributed by atoms with Gasteiger partial charge in [0, 0.05) is 13.1 Å². The standard InChI is InChI=1S/C20H27BF3NO2/c1-14-11-16(21-26-18(2,3)19(4,5)27-21)8-9-17(14)15-7-6-10-25(12-15)13-20(22,23)24/h7-9,11H,6,10,12-13H2,1-5H3. The van der Waals surface area contributed by atoms with Crippen LogP contribution in [0.5, 0.6) is 0 Å². The molecule has 7 heteroatoms. The number of alkyl halides is 3. The van der Waals surface area contributed by atoms with Gasteiger partial charge in [-0.25, -0.2) is 0 Å². The fourth-order valence-electron chi connectivity index (χ4n) is 3.56. The third-order valence-corrected chi connectivity index (χ3v) is 5.75. The van der Waals surface area contributed by atoms with Gasteiger partial charge < -0.3 is 9.31 Å². The van der Waals surface area contributed by atoms with Gasteiger partial charge >= 0.3 is 13.3 Å². The number of rotatable bonds is 3. The summed E-state index contributed by atoms with van der Waals surface area (Å²) in [6.45, 7) is 9.91. The van der Waals surface area contributed by atoms with Gasteiger partial charge in [-0.2, -0.15) is 13.2 Å². The van der Waals surface area contributed by atoms with Crippen LogP contribution < -0.4 is 5.46 Å². The summed E-state index contributed by atoms with van der Waals surface area (Å²) < 4.78 is 50.3. The second-order valence-electron chi connectivity index (χ2n) is 8.51. The molecule has 2 aliphatic rings. The van der Waals surface area contributed by atoms with E-state index < -0.39 is 31.0 Å². The van der Waals surface area contributed by atoms with Crippen molar-refractivity contribution in [3.63, 3.8) is 0 Å². The second-order valence-corrected chi connectivity index (χ2v) is 8.51. The van der Waals surface area contributed by atoms with E-state index >= 15 is 0 Å². The SMILES string of the molecule is Cc1cc(B2OC(C)(C)C(C)(C)O2)ccc1C1=CCCN(CC(F)(F)F)C1. The van der Waals surface area contributed by atoms with Crippen LogP contribution in [-0.4, -0.2) is 49.0 Å². The number of hydrogen-bond donors (Lipinski definition) is 0. The van der Waals surface area contributed by atoms with Crippen LogP contribution in [0.3, 0.4) is 0 Å². The Morgan fingerprint density at radius 1 is 1.11 bits per heavy atom. The topological polar surface area (TPSA) is 21.7 Å². The van der Waals surface area contributed by atoms with Crippen LogP contribution in [-0.2, 0) is 9.31 Å². The molecule has 0 bridgehead atoms. The quantitative estimate of drug-likeness (QED) is 0.741. The first kappa shape index (κ1) is 20.4. The number of hydrogen-bond acceptors (Lipinski definition) is 3. The summed E-state index contributed by atoms with van der Waals surface area (Å²) in [7, 11) is -0.440. The van der Waals surface area contributed by atoms with Gasteiger partial charge in [-0.3, -0.25) is 4.90 Å². The molecule has 27 heavy (non-hydrogen) atoms. The average molecular weight is 381 g/mol. The molecule has 0 radical (unpaired) electrons. The van der Waals surface area contributed by atoms with Gasteiger partial charge in [0.1, 0.15) is 0 Å². The number of benzene rings is 1. The molecule has 1 aromatic rings. The smallest absolute Gasteiger partial charge is 0.399 e. The van der Waals surface area contributed by atoms with Gasteiger partial charge in [0.15, 0.2) is 0 Å². The van der Waals surface area contributed by atoms with Crippen LogP contribution in [0.25, 0.3) is 5.57 Å². The Bertz CT molecular complexity index is 727. The Hall–Kier alpha value is -1.31. The van der Waals surface area contributed by atoms with Crippen molar-refractivity contribution in [2.45, 2.75) is 58.4 Å². The Balaban J connectivity index is 1.77. The highest BCUT2D eigenvalue weighted by Crippen LogP contribution is 2.36. The molecule has 1 saturated heterocycles. The zero-order valence-electron chi connectivity index (χ0n) is 16.6. The lowest BCUT2D eigenvalue weighted by Gasteiger charge is -2.32. The summed E-state index contributed by atoms with van der Waals surface area (Å²) in [5, 5.41) is 0. The Morgan fingerprint density at radius 3 is 2.30 bits per heavy atom. The molecule has 3 rings (SSSR count). The van der Waals surface area contributed by atoms with Gasteiger partial charge in [-0.15, -0.1) is 0 Å². The lowest BCUT2D eigenvalue weighted by atomic mass is 9.77. The summed E-state index contributed by atoms with van der Waals surface area (Å²) in [6.07, 6.45) is -1.49. The predicted molar refractivity (Wildman–Crippen MR) is 102 cm³/mol. The molecule has 2 aliphatic heterocycles. The van der Waals surface area contributed by atoms with Crippen molar-refractivity contribution >= 4 is 18.2 Å². The summed E-state index contributed by atoms with van der Waals surface area (Å²) in [6, 6.07) is 5.94. The van der Waals surface area contributed by atoms with Crippen LogP contribution in [0.15, 0.2) is 24.3 Å². The van der Waals surface area contributed by atoms with Gasteiger partial charge in [0.2, 0.25) is 0 Å². The zero-order valence-corrected chi connectivity index (χ0v) is 16.6. The highest BCUT2D eigenvalue weighted by molar-refractivity contribution is 6.62. The van der Waals surface area contributed by atoms with E-state index in [0.29, 0.717) is 19.5 Å². The first-order valence-corrected chi connectivity index (χ1v) is 9.33. The molecule has 148 valence electrons. The first-order chi connectivity index (χ1) is 12.4. The third-order valence-electron chi connectivity index (χ3n) is 5.75. The molecule has 0 N–H and O–H groups in total. The minimum Gasteiger partial charge on any atom is -0.399 e. The monoisotopic (exact) mass is 381 g/mol. The lowest BCUT2D eigenvalue weighted by molar-refractivity contribution is -0.144. The van der Waals surface area contributed by atoms with Gasteiger partial charge in [0.05, 0.1) is 17.7 Å². The summed E-state index contributed by atoms with van der Waals surface area (Å²) in [5.41, 5.74) is 3.06. The van der Waals surface area contributed by atoms with Crippen molar-refractivity contribution in [3.05, 3.63) is 35.4 Å². The zero-order chi connectivity index (χ0) is 20.0. The summed E-state index contributed by atoms with van der Waals surface area (Å²) in [4.78, 5) is 1.46. The molecular weight excluding hydrogens is 354 g/mol. The third kappa shape index (κ3) is 4.41. The van der Waals surface area contributed by atoms with Gasteiger partial charge in [-0.05, 0) is 63.2 Å². The average Bonchev–Trinajstić information content (AvgIpc) is 2.74. The van der Waals surface area contributed by atoms with Crippen LogP contribution in [0.4, 0.5) is 13.2 Å². The normalized spacial score (nSPS) is 22.8. The molecular formula is C20H27BF3NO2. The minimum absolute atomic E-state index is 0.316. The Labute approximate surface area is 159 Å². The molecule has 2 heterocycles. The van der Waals surface area contributed by atoms with Crippen LogP contribution in [0, 0.1) is 6.92 Å². The fourth-order valence-corrected chi connectivity index (χ4v) is 3.56. The molecule has 0 aliphatic carbocycles. The van der Waals surface area contributed by atoms with Crippen molar-refractivity contribution in [1.82, 2.24) is 4.90 Å². The highest BCUT2D eigenvalue weighted by atomic mass is 19.4. The summed E-state index contributed by atoms with van der Waals surface area (Å²) >= 11 is 0. The Morgan fingerprint density at radius 2 is 1.74 bits per heavy atom. The van der Waals surface area contributed by atoms with E-state index in [-0.39, 0.29) is 0 Å². The highest BCUT2D eigenvalue weighted by Gasteiger charge is 2.51. The second kappa shape index (κ2) is 6.94. The van der Waals surface area contributed by atoms with E-state index in [2.05, 4.69) is 0 Å². The van der Waals surface area contributed by atoms with E-state index in [1.807, 2.05) is 58.9 Å². The van der Waals surface area contributed by atoms with E-state index in [1.165, 1.54) is 4.90 Å². The lowest BCUT2D eigenvalue weighted by Crippen LogP contribution is -2.41. The van der Waals surface area contributed by atoms with Gasteiger partial charge in [-0.1, -0.05) is 24.3 Å². The molecule has 0 amide bonds. The molecule has 3 nitrogen and oxygen atoms in total. The van der Waals surface area contributed by atoms with Gasteiger partial charge in [0.25, 0.3) is 0 Å². The van der Waals surface area contributed by atoms with E-state index in [9.17, 15) is 13.2 Å². The molecule has 0 aromatic heterocycles. The largest absolute Gasteiger partial charge is 0.494 e. The van der Waals surface area contributed by atoms with Crippen LogP contribution >= 0.6 is 0 Å². The first-order valence-electron chi connectivity index (χ1n) is 9.33. The van der Waals surface area contributed by atoms with Crippen molar-refractivity contribution in [2.75, 3.05) is 19.6 Å². The maximum absolute atomic E-state index is 12.7. The summed E-state index contributed by atoms with van der Waals surface area (Å²) in [5.74, 6) is 0. The van der Waals surface area contributed by atoms with Crippen molar-refractivity contribution in [3.8, 4) is 0 Å². The number of halogens is 3. The van der Waals surface area contributed by atoms with Crippen molar-refractivity contribution < 1.29 is 22.5 Å². The predicted octanol–water partition coefficient (Wildman–Crippen LogP) is 3.95. The maximum Gasteiger partial charge on any atom is 0.494 e. The number of nitrogens with zero attached hydrogens (tertiary/aromatic N) is 1. The number of aryl methyl sites for hydroxylation is 1. The van der Waals surface area contributed by atoms with Crippen molar-refractivity contribution in [2.24, 2.45) is 0 Å². The molecule has 1 fully saturated rings. The molecule has 0 unspecified atom stereocenters. The minimum atomic E-state index is -4.17. The van der Waals surface area contributed by atoms with E-state index in [1.54, 1.807) is 0 Å². The molecule has 0 saturated carbocycles. The van der Waals surface area contributed by atoms with Crippen LogP contribution in [0.2, 0.25) is 0 Å². The molecule has 1 aromatic carbocycles. The maximum atomic E-state index is 12.7. The molecule has 0 spiro atoms. The Kier molecular flexibility index (Phi) is 5.25. The van der Waals surface area contributed by atoms with E-state index in [0.717, 1.165) is 22.2 Å².